The van der Waals surface area contributed by atoms with Crippen LogP contribution in [-0.4, -0.2) is 38.2 Å². The predicted octanol–water partition coefficient (Wildman–Crippen LogP) is 1.02. The van der Waals surface area contributed by atoms with Crippen LogP contribution in [0, 0.1) is 0 Å². The van der Waals surface area contributed by atoms with E-state index in [4.69, 9.17) is 5.11 Å². The number of carboxylic acids is 1. The summed E-state index contributed by atoms with van der Waals surface area (Å²) < 4.78 is 1.23. The molecule has 2 aromatic rings. The lowest BCUT2D eigenvalue weighted by atomic mass is 10.1. The number of carbonyl (C=O) groups is 2. The number of carbonyl (C=O) groups excluding carboxylic acids is 1. The van der Waals surface area contributed by atoms with Crippen molar-refractivity contribution in [1.82, 2.24) is 14.9 Å². The number of rotatable bonds is 4. The predicted molar refractivity (Wildman–Crippen MR) is 90.4 cm³/mol. The number of hydrogen-bond acceptors (Lipinski definition) is 5. The number of nitrogens with zero attached hydrogens (tertiary/aromatic N) is 2. The minimum atomic E-state index is -1.25. The van der Waals surface area contributed by atoms with Crippen LogP contribution < -0.4 is 10.9 Å². The molecule has 0 spiro atoms. The molecule has 0 bridgehead atoms. The molecule has 0 aromatic carbocycles. The van der Waals surface area contributed by atoms with E-state index in [2.05, 4.69) is 16.4 Å². The largest absolute Gasteiger partial charge is 0.505 e. The summed E-state index contributed by atoms with van der Waals surface area (Å²) in [5.74, 6) is -2.75. The van der Waals surface area contributed by atoms with Gasteiger partial charge in [-0.05, 0) is 36.5 Å². The topological polar surface area (TPSA) is 122 Å². The summed E-state index contributed by atoms with van der Waals surface area (Å²) in [5.41, 5.74) is 1.31. The summed E-state index contributed by atoms with van der Waals surface area (Å²) in [6.07, 6.45) is 6.72. The van der Waals surface area contributed by atoms with Gasteiger partial charge < -0.3 is 20.1 Å². The number of allylic oxidation sites excluding steroid dienone is 2. The van der Waals surface area contributed by atoms with E-state index >= 15 is 0 Å². The highest BCUT2D eigenvalue weighted by molar-refractivity contribution is 6.02. The first kappa shape index (κ1) is 16.7. The second kappa shape index (κ2) is 6.39. The van der Waals surface area contributed by atoms with Gasteiger partial charge in [0.2, 0.25) is 0 Å². The Morgan fingerprint density at radius 1 is 1.40 bits per heavy atom. The molecule has 3 rings (SSSR count). The number of carboxylic acid groups (broad SMARTS) is 1. The number of aliphatic carboxylic acids is 1. The molecule has 0 atom stereocenters. The van der Waals surface area contributed by atoms with Crippen LogP contribution in [0.25, 0.3) is 16.6 Å². The van der Waals surface area contributed by atoms with Crippen LogP contribution in [0.15, 0.2) is 23.1 Å². The van der Waals surface area contributed by atoms with Gasteiger partial charge in [-0.15, -0.1) is 0 Å². The Balaban J connectivity index is 2.12. The van der Waals surface area contributed by atoms with E-state index < -0.39 is 35.3 Å². The molecule has 0 aliphatic heterocycles. The van der Waals surface area contributed by atoms with Gasteiger partial charge in [0.25, 0.3) is 11.5 Å². The number of aryl methyl sites for hydroxylation is 1. The van der Waals surface area contributed by atoms with E-state index in [-0.39, 0.29) is 5.52 Å². The molecule has 0 unspecified atom stereocenters. The fourth-order valence-electron chi connectivity index (χ4n) is 2.95. The third-order valence-electron chi connectivity index (χ3n) is 4.25. The van der Waals surface area contributed by atoms with Crippen molar-refractivity contribution in [2.75, 3.05) is 6.54 Å². The molecule has 1 aliphatic carbocycles. The summed E-state index contributed by atoms with van der Waals surface area (Å²) >= 11 is 0. The van der Waals surface area contributed by atoms with Gasteiger partial charge in [-0.3, -0.25) is 19.4 Å². The van der Waals surface area contributed by atoms with Crippen LogP contribution in [0.1, 0.15) is 35.2 Å². The van der Waals surface area contributed by atoms with E-state index in [1.54, 1.807) is 12.3 Å². The minimum Gasteiger partial charge on any atom is -0.505 e. The number of aromatic nitrogens is 2. The van der Waals surface area contributed by atoms with E-state index in [1.807, 2.05) is 0 Å². The van der Waals surface area contributed by atoms with Crippen molar-refractivity contribution >= 4 is 28.5 Å². The molecular formula is C17H17N3O5. The molecule has 1 aliphatic rings. The third-order valence-corrected chi connectivity index (χ3v) is 4.25. The lowest BCUT2D eigenvalue weighted by Gasteiger charge is -2.12. The highest BCUT2D eigenvalue weighted by atomic mass is 16.4. The Morgan fingerprint density at radius 2 is 2.16 bits per heavy atom. The van der Waals surface area contributed by atoms with Crippen LogP contribution in [0.3, 0.4) is 0 Å². The van der Waals surface area contributed by atoms with Gasteiger partial charge in [-0.1, -0.05) is 6.08 Å². The van der Waals surface area contributed by atoms with Crippen LogP contribution in [-0.2, 0) is 11.8 Å². The SMILES string of the molecule is Cn1c(=O)c(C(=O)NCC(=O)O)c(O)c2ncc(C3=CCCC3)cc21. The summed E-state index contributed by atoms with van der Waals surface area (Å²) in [6, 6.07) is 1.76. The van der Waals surface area contributed by atoms with Gasteiger partial charge in [-0.2, -0.15) is 0 Å². The number of fused-ring (bicyclic) bond motifs is 1. The number of aromatic hydroxyl groups is 1. The van der Waals surface area contributed by atoms with Crippen LogP contribution in [0.5, 0.6) is 5.75 Å². The van der Waals surface area contributed by atoms with Crippen molar-refractivity contribution in [3.8, 4) is 5.75 Å². The molecule has 0 fully saturated rings. The van der Waals surface area contributed by atoms with Crippen molar-refractivity contribution in [3.63, 3.8) is 0 Å². The number of hydrogen-bond donors (Lipinski definition) is 3. The first-order valence-corrected chi connectivity index (χ1v) is 7.81. The normalized spacial score (nSPS) is 13.7. The van der Waals surface area contributed by atoms with Crippen molar-refractivity contribution in [3.05, 3.63) is 39.8 Å². The van der Waals surface area contributed by atoms with Gasteiger partial charge in [0.1, 0.15) is 17.6 Å². The van der Waals surface area contributed by atoms with Crippen molar-refractivity contribution in [1.29, 1.82) is 0 Å². The van der Waals surface area contributed by atoms with Crippen LogP contribution in [0.4, 0.5) is 0 Å². The zero-order valence-electron chi connectivity index (χ0n) is 13.6. The molecule has 8 heteroatoms. The zero-order valence-corrected chi connectivity index (χ0v) is 13.6. The van der Waals surface area contributed by atoms with Crippen molar-refractivity contribution in [2.45, 2.75) is 19.3 Å². The Hall–Kier alpha value is -3.16. The lowest BCUT2D eigenvalue weighted by Crippen LogP contribution is -2.35. The fraction of sp³-hybridized carbons (Fsp3) is 0.294. The zero-order chi connectivity index (χ0) is 18.1. The molecule has 130 valence electrons. The highest BCUT2D eigenvalue weighted by Gasteiger charge is 2.23. The summed E-state index contributed by atoms with van der Waals surface area (Å²) in [5, 5.41) is 21.1. The summed E-state index contributed by atoms with van der Waals surface area (Å²) in [4.78, 5) is 39.3. The van der Waals surface area contributed by atoms with E-state index in [1.165, 1.54) is 11.6 Å². The molecular weight excluding hydrogens is 326 g/mol. The molecule has 2 heterocycles. The maximum atomic E-state index is 12.5. The Morgan fingerprint density at radius 3 is 2.80 bits per heavy atom. The molecule has 0 saturated heterocycles. The second-order valence-electron chi connectivity index (χ2n) is 5.88. The molecule has 0 radical (unpaired) electrons. The number of pyridine rings is 2. The molecule has 2 aromatic heterocycles. The molecule has 8 nitrogen and oxygen atoms in total. The average Bonchev–Trinajstić information content (AvgIpc) is 3.12. The lowest BCUT2D eigenvalue weighted by molar-refractivity contribution is -0.135. The Kier molecular flexibility index (Phi) is 4.26. The standard InChI is InChI=1S/C17H17N3O5/c1-20-11-6-10(9-4-2-3-5-9)7-18-14(11)15(23)13(17(20)25)16(24)19-8-12(21)22/h4,6-7,23H,2-3,5,8H2,1H3,(H,19,24)(H,21,22). The molecule has 0 saturated carbocycles. The van der Waals surface area contributed by atoms with Gasteiger partial charge in [0, 0.05) is 13.2 Å². The van der Waals surface area contributed by atoms with Gasteiger partial charge in [-0.25, -0.2) is 0 Å². The number of amides is 1. The maximum absolute atomic E-state index is 12.5. The first-order valence-electron chi connectivity index (χ1n) is 7.81. The van der Waals surface area contributed by atoms with Gasteiger partial charge in [0.15, 0.2) is 5.75 Å². The summed E-state index contributed by atoms with van der Waals surface area (Å²) in [6.45, 7) is -0.653. The van der Waals surface area contributed by atoms with Crippen LogP contribution >= 0.6 is 0 Å². The highest BCUT2D eigenvalue weighted by Crippen LogP contribution is 2.31. The summed E-state index contributed by atoms with van der Waals surface area (Å²) in [7, 11) is 1.48. The second-order valence-corrected chi connectivity index (χ2v) is 5.88. The monoisotopic (exact) mass is 343 g/mol. The smallest absolute Gasteiger partial charge is 0.322 e. The Bertz CT molecular complexity index is 974. The molecule has 25 heavy (non-hydrogen) atoms. The van der Waals surface area contributed by atoms with Gasteiger partial charge >= 0.3 is 5.97 Å². The fourth-order valence-corrected chi connectivity index (χ4v) is 2.95. The Labute approximate surface area is 142 Å². The van der Waals surface area contributed by atoms with Gasteiger partial charge in [0.05, 0.1) is 5.52 Å². The van der Waals surface area contributed by atoms with Crippen molar-refractivity contribution < 1.29 is 19.8 Å². The average molecular weight is 343 g/mol. The molecule has 3 N–H and O–H groups in total. The quantitative estimate of drug-likeness (QED) is 0.762. The maximum Gasteiger partial charge on any atom is 0.322 e. The minimum absolute atomic E-state index is 0.116. The van der Waals surface area contributed by atoms with E-state index in [9.17, 15) is 19.5 Å². The number of nitrogens with one attached hydrogen (secondary N) is 1. The van der Waals surface area contributed by atoms with Crippen molar-refractivity contribution in [2.24, 2.45) is 7.05 Å². The molecule has 1 amide bonds. The van der Waals surface area contributed by atoms with Crippen LogP contribution in [0.2, 0.25) is 0 Å². The third kappa shape index (κ3) is 2.98. The van der Waals surface area contributed by atoms with E-state index in [0.717, 1.165) is 30.4 Å². The van der Waals surface area contributed by atoms with E-state index in [0.29, 0.717) is 5.52 Å². The first-order chi connectivity index (χ1) is 11.9.